The first-order valence-electron chi connectivity index (χ1n) is 11.4. The number of hydrogen-bond donors (Lipinski definition) is 0. The zero-order valence-electron chi connectivity index (χ0n) is 17.8. The summed E-state index contributed by atoms with van der Waals surface area (Å²) in [4.78, 5) is 16.9. The van der Waals surface area contributed by atoms with E-state index in [2.05, 4.69) is 70.5 Å². The minimum atomic E-state index is -0.155. The zero-order chi connectivity index (χ0) is 20.5. The SMILES string of the molecule is CC(=O)OC[C@@H]1[C@@H]2CN(Cc3ccccc3)[C@@H](c3ccccc3)[C@@H]2[C@H]1N1CCCC1. The summed E-state index contributed by atoms with van der Waals surface area (Å²) < 4.78 is 5.55. The number of nitrogens with zero attached hydrogens (tertiary/aromatic N) is 2. The Kier molecular flexibility index (Phi) is 5.62. The smallest absolute Gasteiger partial charge is 0.302 e. The summed E-state index contributed by atoms with van der Waals surface area (Å²) >= 11 is 0. The first-order valence-corrected chi connectivity index (χ1v) is 11.4. The molecule has 30 heavy (non-hydrogen) atoms. The molecule has 4 nitrogen and oxygen atoms in total. The number of esters is 1. The van der Waals surface area contributed by atoms with Crippen LogP contribution < -0.4 is 0 Å². The van der Waals surface area contributed by atoms with Gasteiger partial charge in [0.25, 0.3) is 0 Å². The topological polar surface area (TPSA) is 32.8 Å². The molecule has 0 N–H and O–H groups in total. The van der Waals surface area contributed by atoms with E-state index in [0.29, 0.717) is 36.4 Å². The minimum Gasteiger partial charge on any atom is -0.466 e. The Morgan fingerprint density at radius 2 is 1.67 bits per heavy atom. The van der Waals surface area contributed by atoms with E-state index in [1.54, 1.807) is 0 Å². The third-order valence-corrected chi connectivity index (χ3v) is 7.49. The zero-order valence-corrected chi connectivity index (χ0v) is 17.8. The fourth-order valence-electron chi connectivity index (χ4n) is 6.29. The quantitative estimate of drug-likeness (QED) is 0.678. The van der Waals surface area contributed by atoms with Gasteiger partial charge in [0.05, 0.1) is 6.61 Å². The van der Waals surface area contributed by atoms with Crippen molar-refractivity contribution in [3.05, 3.63) is 71.8 Å². The molecule has 4 heteroatoms. The molecule has 2 aromatic carbocycles. The number of rotatable bonds is 6. The molecule has 0 aromatic heterocycles. The number of carbonyl (C=O) groups is 1. The van der Waals surface area contributed by atoms with E-state index in [0.717, 1.165) is 13.1 Å². The van der Waals surface area contributed by atoms with E-state index >= 15 is 0 Å². The highest BCUT2D eigenvalue weighted by Crippen LogP contribution is 2.57. The van der Waals surface area contributed by atoms with Crippen LogP contribution in [0.1, 0.15) is 36.9 Å². The Morgan fingerprint density at radius 3 is 2.33 bits per heavy atom. The van der Waals surface area contributed by atoms with Crippen LogP contribution in [0.4, 0.5) is 0 Å². The lowest BCUT2D eigenvalue weighted by atomic mass is 9.59. The van der Waals surface area contributed by atoms with E-state index in [1.165, 1.54) is 44.0 Å². The van der Waals surface area contributed by atoms with Gasteiger partial charge >= 0.3 is 5.97 Å². The summed E-state index contributed by atoms with van der Waals surface area (Å²) in [6.07, 6.45) is 2.58. The van der Waals surface area contributed by atoms with Crippen molar-refractivity contribution in [2.45, 2.75) is 38.4 Å². The van der Waals surface area contributed by atoms with Gasteiger partial charge in [0.1, 0.15) is 0 Å². The lowest BCUT2D eigenvalue weighted by Crippen LogP contribution is -2.60. The van der Waals surface area contributed by atoms with Crippen molar-refractivity contribution in [2.75, 3.05) is 26.2 Å². The van der Waals surface area contributed by atoms with Gasteiger partial charge in [-0.1, -0.05) is 60.7 Å². The average molecular weight is 405 g/mol. The van der Waals surface area contributed by atoms with Gasteiger partial charge < -0.3 is 4.74 Å². The van der Waals surface area contributed by atoms with Crippen LogP contribution in [0.5, 0.6) is 0 Å². The molecule has 1 saturated carbocycles. The van der Waals surface area contributed by atoms with Crippen LogP contribution in [-0.2, 0) is 16.1 Å². The van der Waals surface area contributed by atoms with E-state index in [1.807, 2.05) is 0 Å². The first kappa shape index (κ1) is 19.8. The van der Waals surface area contributed by atoms with Gasteiger partial charge in [-0.3, -0.25) is 14.6 Å². The normalized spacial score (nSPS) is 31.3. The van der Waals surface area contributed by atoms with Gasteiger partial charge in [-0.15, -0.1) is 0 Å². The molecule has 3 fully saturated rings. The fraction of sp³-hybridized carbons (Fsp3) is 0.500. The molecule has 0 radical (unpaired) electrons. The van der Waals surface area contributed by atoms with Gasteiger partial charge in [-0.25, -0.2) is 0 Å². The number of fused-ring (bicyclic) bond motifs is 1. The predicted octanol–water partition coefficient (Wildman–Crippen LogP) is 4.13. The van der Waals surface area contributed by atoms with Crippen molar-refractivity contribution in [1.82, 2.24) is 9.80 Å². The van der Waals surface area contributed by atoms with Crippen molar-refractivity contribution in [1.29, 1.82) is 0 Å². The van der Waals surface area contributed by atoms with Crippen molar-refractivity contribution < 1.29 is 9.53 Å². The van der Waals surface area contributed by atoms with Gasteiger partial charge in [0.15, 0.2) is 0 Å². The second-order valence-electron chi connectivity index (χ2n) is 9.21. The van der Waals surface area contributed by atoms with Gasteiger partial charge in [0, 0.05) is 38.0 Å². The average Bonchev–Trinajstić information content (AvgIpc) is 3.38. The molecule has 0 amide bonds. The largest absolute Gasteiger partial charge is 0.466 e. The Bertz CT molecular complexity index is 850. The molecule has 5 atom stereocenters. The molecular formula is C26H32N2O2. The monoisotopic (exact) mass is 404 g/mol. The van der Waals surface area contributed by atoms with Crippen molar-refractivity contribution >= 4 is 5.97 Å². The van der Waals surface area contributed by atoms with Crippen molar-refractivity contribution in [3.63, 3.8) is 0 Å². The fourth-order valence-corrected chi connectivity index (χ4v) is 6.29. The van der Waals surface area contributed by atoms with Gasteiger partial charge in [-0.05, 0) is 48.9 Å². The first-order chi connectivity index (χ1) is 14.7. The molecule has 3 aliphatic rings. The summed E-state index contributed by atoms with van der Waals surface area (Å²) in [7, 11) is 0. The lowest BCUT2D eigenvalue weighted by Gasteiger charge is -2.54. The summed E-state index contributed by atoms with van der Waals surface area (Å²) in [5.41, 5.74) is 2.80. The molecule has 5 rings (SSSR count). The van der Waals surface area contributed by atoms with Crippen molar-refractivity contribution in [3.8, 4) is 0 Å². The van der Waals surface area contributed by atoms with Gasteiger partial charge in [0.2, 0.25) is 0 Å². The van der Waals surface area contributed by atoms with Crippen LogP contribution in [0.25, 0.3) is 0 Å². The highest BCUT2D eigenvalue weighted by atomic mass is 16.5. The second kappa shape index (κ2) is 8.52. The molecule has 2 heterocycles. The molecule has 2 saturated heterocycles. The Hall–Kier alpha value is -2.17. The molecule has 2 aromatic rings. The maximum atomic E-state index is 11.6. The predicted molar refractivity (Wildman–Crippen MR) is 118 cm³/mol. The number of benzene rings is 2. The van der Waals surface area contributed by atoms with E-state index in [-0.39, 0.29) is 5.97 Å². The second-order valence-corrected chi connectivity index (χ2v) is 9.21. The number of carbonyl (C=O) groups excluding carboxylic acids is 1. The summed E-state index contributed by atoms with van der Waals surface area (Å²) in [6.45, 7) is 6.52. The number of ether oxygens (including phenoxy) is 1. The van der Waals surface area contributed by atoms with E-state index in [9.17, 15) is 4.79 Å². The summed E-state index contributed by atoms with van der Waals surface area (Å²) in [6, 6.07) is 22.8. The van der Waals surface area contributed by atoms with E-state index in [4.69, 9.17) is 4.74 Å². The van der Waals surface area contributed by atoms with Crippen LogP contribution >= 0.6 is 0 Å². The van der Waals surface area contributed by atoms with Crippen LogP contribution in [0.2, 0.25) is 0 Å². The summed E-state index contributed by atoms with van der Waals surface area (Å²) in [5, 5.41) is 0. The standard InChI is InChI=1S/C26H32N2O2/c1-19(29)30-18-23-22-17-28(16-20-10-4-2-5-11-20)25(21-12-6-3-7-13-21)24(22)26(23)27-14-8-9-15-27/h2-7,10-13,22-26H,8-9,14-18H2,1H3/t22-,23+,24+,25-,26-/m0/s1. The van der Waals surface area contributed by atoms with Crippen molar-refractivity contribution in [2.24, 2.45) is 17.8 Å². The minimum absolute atomic E-state index is 0.155. The number of likely N-dealkylation sites (tertiary alicyclic amines) is 2. The summed E-state index contributed by atoms with van der Waals surface area (Å²) in [5.74, 6) is 1.49. The maximum Gasteiger partial charge on any atom is 0.302 e. The Balaban J connectivity index is 1.45. The van der Waals surface area contributed by atoms with Crippen LogP contribution in [0, 0.1) is 17.8 Å². The highest BCUT2D eigenvalue weighted by molar-refractivity contribution is 5.65. The molecule has 0 spiro atoms. The number of hydrogen-bond acceptors (Lipinski definition) is 4. The maximum absolute atomic E-state index is 11.6. The lowest BCUT2D eigenvalue weighted by molar-refractivity contribution is -0.149. The molecule has 2 aliphatic heterocycles. The van der Waals surface area contributed by atoms with Crippen LogP contribution in [0.3, 0.4) is 0 Å². The third kappa shape index (κ3) is 3.67. The van der Waals surface area contributed by atoms with E-state index < -0.39 is 0 Å². The van der Waals surface area contributed by atoms with Gasteiger partial charge in [-0.2, -0.15) is 0 Å². The van der Waals surface area contributed by atoms with Crippen LogP contribution in [0.15, 0.2) is 60.7 Å². The molecule has 158 valence electrons. The third-order valence-electron chi connectivity index (χ3n) is 7.49. The Morgan fingerprint density at radius 1 is 1.00 bits per heavy atom. The van der Waals surface area contributed by atoms with Crippen LogP contribution in [-0.4, -0.2) is 48.1 Å². The Labute approximate surface area is 179 Å². The molecule has 0 unspecified atom stereocenters. The molecular weight excluding hydrogens is 372 g/mol. The highest BCUT2D eigenvalue weighted by Gasteiger charge is 2.61. The molecule has 1 aliphatic carbocycles. The molecule has 0 bridgehead atoms.